The van der Waals surface area contributed by atoms with Crippen LogP contribution in [0, 0.1) is 0 Å². The number of nitrogens with zero attached hydrogens (tertiary/aromatic N) is 1. The van der Waals surface area contributed by atoms with Crippen LogP contribution in [-0.2, 0) is 19.4 Å². The van der Waals surface area contributed by atoms with Crippen molar-refractivity contribution in [1.29, 1.82) is 0 Å². The molecule has 1 aliphatic rings. The molecule has 0 aliphatic carbocycles. The smallest absolute Gasteiger partial charge is 0.216 e. The molecule has 218 valence electrons. The molecule has 0 saturated carbocycles. The molecule has 0 saturated heterocycles. The number of benzene rings is 2. The second-order valence-corrected chi connectivity index (χ2v) is 11.0. The van der Waals surface area contributed by atoms with Gasteiger partial charge in [-0.3, -0.25) is 0 Å². The summed E-state index contributed by atoms with van der Waals surface area (Å²) in [5.74, 6) is 3.35. The number of methoxy groups -OCH3 is 2. The van der Waals surface area contributed by atoms with E-state index in [-0.39, 0.29) is 0 Å². The Bertz CT molecular complexity index is 1250. The Labute approximate surface area is 241 Å². The first-order valence-electron chi connectivity index (χ1n) is 15.7. The fourth-order valence-corrected chi connectivity index (χ4v) is 5.84. The predicted octanol–water partition coefficient (Wildman–Crippen LogP) is 8.63. The van der Waals surface area contributed by atoms with Gasteiger partial charge >= 0.3 is 0 Å². The van der Waals surface area contributed by atoms with Crippen LogP contribution in [0.1, 0.15) is 96.1 Å². The van der Waals surface area contributed by atoms with Gasteiger partial charge in [0.1, 0.15) is 0 Å². The minimum absolute atomic E-state index is 0.707. The van der Waals surface area contributed by atoms with Gasteiger partial charge in [-0.25, -0.2) is 0 Å². The molecule has 0 N–H and O–H groups in total. The third-order valence-electron chi connectivity index (χ3n) is 8.11. The normalized spacial score (nSPS) is 12.2. The quantitative estimate of drug-likeness (QED) is 0.125. The Morgan fingerprint density at radius 3 is 2.05 bits per heavy atom. The van der Waals surface area contributed by atoms with Crippen molar-refractivity contribution in [3.05, 3.63) is 41.6 Å². The van der Waals surface area contributed by atoms with Crippen LogP contribution in [0.5, 0.6) is 23.0 Å². The third-order valence-corrected chi connectivity index (χ3v) is 8.11. The fraction of sp³-hybridized carbons (Fsp3) is 0.571. The van der Waals surface area contributed by atoms with Crippen LogP contribution in [0.4, 0.5) is 0 Å². The molecule has 0 amide bonds. The van der Waals surface area contributed by atoms with Gasteiger partial charge in [0.25, 0.3) is 0 Å². The van der Waals surface area contributed by atoms with Gasteiger partial charge in [-0.1, -0.05) is 65.7 Å². The molecule has 1 aliphatic heterocycles. The zero-order valence-corrected chi connectivity index (χ0v) is 25.6. The van der Waals surface area contributed by atoms with E-state index >= 15 is 0 Å². The van der Waals surface area contributed by atoms with Crippen LogP contribution < -0.4 is 23.5 Å². The highest BCUT2D eigenvalue weighted by atomic mass is 16.5. The highest BCUT2D eigenvalue weighted by Gasteiger charge is 2.31. The number of rotatable bonds is 17. The van der Waals surface area contributed by atoms with Crippen LogP contribution in [0.2, 0.25) is 0 Å². The molecule has 0 fully saturated rings. The lowest BCUT2D eigenvalue weighted by atomic mass is 9.89. The van der Waals surface area contributed by atoms with E-state index in [1.807, 2.05) is 0 Å². The molecule has 4 rings (SSSR count). The summed E-state index contributed by atoms with van der Waals surface area (Å²) >= 11 is 0. The van der Waals surface area contributed by atoms with Crippen molar-refractivity contribution < 1.29 is 23.5 Å². The maximum Gasteiger partial charge on any atom is 0.216 e. The molecule has 5 heteroatoms. The molecule has 2 aromatic carbocycles. The monoisotopic (exact) mass is 548 g/mol. The lowest BCUT2D eigenvalue weighted by Gasteiger charge is -2.23. The van der Waals surface area contributed by atoms with E-state index in [0.717, 1.165) is 80.1 Å². The third kappa shape index (κ3) is 6.85. The van der Waals surface area contributed by atoms with Gasteiger partial charge in [-0.2, -0.15) is 4.57 Å². The Balaban J connectivity index is 1.82. The topological polar surface area (TPSA) is 40.8 Å². The molecular weight excluding hydrogens is 498 g/mol. The number of aromatic nitrogens is 1. The summed E-state index contributed by atoms with van der Waals surface area (Å²) in [6.45, 7) is 9.03. The number of hydrogen-bond donors (Lipinski definition) is 0. The minimum atomic E-state index is 0.707. The van der Waals surface area contributed by atoms with Gasteiger partial charge in [0.2, 0.25) is 5.69 Å². The van der Waals surface area contributed by atoms with Gasteiger partial charge < -0.3 is 18.9 Å². The first-order chi connectivity index (χ1) is 19.7. The van der Waals surface area contributed by atoms with Gasteiger partial charge in [0.15, 0.2) is 35.7 Å². The summed E-state index contributed by atoms with van der Waals surface area (Å²) in [5.41, 5.74) is 5.33. The summed E-state index contributed by atoms with van der Waals surface area (Å²) in [7, 11) is 3.45. The molecule has 0 radical (unpaired) electrons. The lowest BCUT2D eigenvalue weighted by Crippen LogP contribution is -2.41. The van der Waals surface area contributed by atoms with Crippen LogP contribution in [0.25, 0.3) is 22.0 Å². The zero-order chi connectivity index (χ0) is 28.3. The van der Waals surface area contributed by atoms with Gasteiger partial charge in [0, 0.05) is 17.4 Å². The second-order valence-electron chi connectivity index (χ2n) is 11.0. The van der Waals surface area contributed by atoms with E-state index in [1.54, 1.807) is 14.2 Å². The Morgan fingerprint density at radius 2 is 1.38 bits per heavy atom. The standard InChI is InChI=1S/C35H50NO4/c1-6-9-12-13-14-15-16-28-27-17-18-31(37-4)35(38-5)30(27)25-36-20-19-26-23-32(39-21-10-7-2)33(40-22-11-8-3)24-29(26)34(28)36/h17-18,23-25H,6-16,19-22H2,1-5H3/q+1. The zero-order valence-electron chi connectivity index (χ0n) is 25.6. The van der Waals surface area contributed by atoms with Crippen molar-refractivity contribution in [2.75, 3.05) is 27.4 Å². The minimum Gasteiger partial charge on any atom is -0.493 e. The maximum atomic E-state index is 6.35. The molecular formula is C35H50NO4+. The van der Waals surface area contributed by atoms with Gasteiger partial charge in [-0.05, 0) is 55.5 Å². The Kier molecular flexibility index (Phi) is 11.4. The second kappa shape index (κ2) is 15.2. The van der Waals surface area contributed by atoms with E-state index in [9.17, 15) is 0 Å². The van der Waals surface area contributed by atoms with E-state index < -0.39 is 0 Å². The molecule has 1 aromatic heterocycles. The summed E-state index contributed by atoms with van der Waals surface area (Å²) in [4.78, 5) is 0. The number of pyridine rings is 1. The summed E-state index contributed by atoms with van der Waals surface area (Å²) in [6, 6.07) is 8.79. The van der Waals surface area contributed by atoms with Crippen LogP contribution >= 0.6 is 0 Å². The average molecular weight is 549 g/mol. The van der Waals surface area contributed by atoms with Crippen molar-refractivity contribution >= 4 is 10.8 Å². The average Bonchev–Trinajstić information content (AvgIpc) is 2.98. The SMILES string of the molecule is CCCCCCCCc1c2[n+](cc3c(OC)c(OC)ccc13)CCc1cc(OCCCC)c(OCCCC)cc1-2. The van der Waals surface area contributed by atoms with Crippen LogP contribution in [-0.4, -0.2) is 27.4 Å². The predicted molar refractivity (Wildman–Crippen MR) is 164 cm³/mol. The lowest BCUT2D eigenvalue weighted by molar-refractivity contribution is -0.686. The highest BCUT2D eigenvalue weighted by Crippen LogP contribution is 2.43. The number of unbranched alkanes of at least 4 members (excludes halogenated alkanes) is 7. The number of fused-ring (bicyclic) bond motifs is 4. The van der Waals surface area contributed by atoms with Crippen LogP contribution in [0.3, 0.4) is 0 Å². The maximum absolute atomic E-state index is 6.35. The largest absolute Gasteiger partial charge is 0.493 e. The number of hydrogen-bond acceptors (Lipinski definition) is 4. The van der Waals surface area contributed by atoms with E-state index in [0.29, 0.717) is 6.61 Å². The molecule has 40 heavy (non-hydrogen) atoms. The van der Waals surface area contributed by atoms with Crippen molar-refractivity contribution in [2.24, 2.45) is 0 Å². The number of aryl methyl sites for hydroxylation is 3. The number of ether oxygens (including phenoxy) is 4. The fourth-order valence-electron chi connectivity index (χ4n) is 5.84. The van der Waals surface area contributed by atoms with E-state index in [1.165, 1.54) is 66.3 Å². The van der Waals surface area contributed by atoms with Gasteiger partial charge in [0.05, 0.1) is 38.4 Å². The Hall–Kier alpha value is -2.95. The first kappa shape index (κ1) is 30.0. The Morgan fingerprint density at radius 1 is 0.700 bits per heavy atom. The molecule has 0 spiro atoms. The van der Waals surface area contributed by atoms with E-state index in [2.05, 4.69) is 55.8 Å². The summed E-state index contributed by atoms with van der Waals surface area (Å²) < 4.78 is 26.6. The summed E-state index contributed by atoms with van der Waals surface area (Å²) in [6.07, 6.45) is 16.2. The molecule has 5 nitrogen and oxygen atoms in total. The molecule has 0 bridgehead atoms. The highest BCUT2D eigenvalue weighted by molar-refractivity contribution is 5.95. The first-order valence-corrected chi connectivity index (χ1v) is 15.7. The van der Waals surface area contributed by atoms with Crippen molar-refractivity contribution in [1.82, 2.24) is 0 Å². The molecule has 2 heterocycles. The van der Waals surface area contributed by atoms with Crippen molar-refractivity contribution in [3.63, 3.8) is 0 Å². The van der Waals surface area contributed by atoms with Crippen LogP contribution in [0.15, 0.2) is 30.5 Å². The van der Waals surface area contributed by atoms with E-state index in [4.69, 9.17) is 18.9 Å². The molecule has 0 unspecified atom stereocenters. The van der Waals surface area contributed by atoms with Crippen molar-refractivity contribution in [2.45, 2.75) is 104 Å². The summed E-state index contributed by atoms with van der Waals surface area (Å²) in [5, 5.41) is 2.37. The molecule has 0 atom stereocenters. The van der Waals surface area contributed by atoms with Crippen molar-refractivity contribution in [3.8, 4) is 34.3 Å². The molecule has 3 aromatic rings. The van der Waals surface area contributed by atoms with Gasteiger partial charge in [-0.15, -0.1) is 0 Å².